The summed E-state index contributed by atoms with van der Waals surface area (Å²) in [6, 6.07) is 15.5. The first kappa shape index (κ1) is 18.9. The van der Waals surface area contributed by atoms with Gasteiger partial charge in [-0.1, -0.05) is 31.2 Å². The van der Waals surface area contributed by atoms with Gasteiger partial charge in [0.15, 0.2) is 0 Å². The zero-order chi connectivity index (χ0) is 19.2. The summed E-state index contributed by atoms with van der Waals surface area (Å²) in [5.41, 5.74) is 2.56. The first-order valence-electron chi connectivity index (χ1n) is 8.73. The van der Waals surface area contributed by atoms with Crippen molar-refractivity contribution in [2.75, 3.05) is 13.2 Å². The lowest BCUT2D eigenvalue weighted by Gasteiger charge is -2.11. The van der Waals surface area contributed by atoms with Crippen molar-refractivity contribution in [3.8, 4) is 22.1 Å². The Labute approximate surface area is 162 Å². The molecule has 1 aromatic heterocycles. The normalized spacial score (nSPS) is 10.6. The fourth-order valence-electron chi connectivity index (χ4n) is 2.61. The maximum Gasteiger partial charge on any atom is 0.347 e. The minimum atomic E-state index is -0.961. The van der Waals surface area contributed by atoms with Gasteiger partial charge in [-0.05, 0) is 43.2 Å². The van der Waals surface area contributed by atoms with E-state index in [1.165, 1.54) is 5.56 Å². The molecule has 0 aliphatic rings. The minimum absolute atomic E-state index is 0.249. The van der Waals surface area contributed by atoms with Gasteiger partial charge in [0.25, 0.3) is 0 Å². The van der Waals surface area contributed by atoms with Crippen LogP contribution in [0.2, 0.25) is 0 Å². The molecule has 1 heterocycles. The van der Waals surface area contributed by atoms with Crippen LogP contribution < -0.4 is 9.47 Å². The van der Waals surface area contributed by atoms with Gasteiger partial charge in [0.2, 0.25) is 0 Å². The van der Waals surface area contributed by atoms with Crippen LogP contribution in [0.4, 0.5) is 0 Å². The number of aryl methyl sites for hydroxylation is 2. The molecule has 0 spiro atoms. The van der Waals surface area contributed by atoms with Crippen LogP contribution in [0.5, 0.6) is 11.5 Å². The molecule has 1 N–H and O–H groups in total. The van der Waals surface area contributed by atoms with E-state index in [4.69, 9.17) is 9.47 Å². The van der Waals surface area contributed by atoms with Crippen molar-refractivity contribution in [3.05, 3.63) is 64.7 Å². The van der Waals surface area contributed by atoms with Crippen LogP contribution in [0.1, 0.15) is 27.9 Å². The third-order valence-corrected chi connectivity index (χ3v) is 5.23. The van der Waals surface area contributed by atoms with Crippen molar-refractivity contribution in [1.82, 2.24) is 4.98 Å². The molecule has 6 heteroatoms. The van der Waals surface area contributed by atoms with Crippen LogP contribution in [0, 0.1) is 6.92 Å². The second-order valence-electron chi connectivity index (χ2n) is 5.93. The van der Waals surface area contributed by atoms with E-state index in [1.807, 2.05) is 36.4 Å². The molecule has 3 rings (SSSR count). The number of hydrogen-bond acceptors (Lipinski definition) is 5. The van der Waals surface area contributed by atoms with Gasteiger partial charge >= 0.3 is 5.97 Å². The number of rotatable bonds is 8. The number of thiazole rings is 1. The molecule has 0 bridgehead atoms. The average Bonchev–Trinajstić information content (AvgIpc) is 3.08. The molecular weight excluding hydrogens is 362 g/mol. The van der Waals surface area contributed by atoms with Crippen molar-refractivity contribution in [1.29, 1.82) is 0 Å². The molecule has 5 nitrogen and oxygen atoms in total. The summed E-state index contributed by atoms with van der Waals surface area (Å²) in [4.78, 5) is 15.9. The van der Waals surface area contributed by atoms with Crippen molar-refractivity contribution in [3.63, 3.8) is 0 Å². The highest BCUT2D eigenvalue weighted by molar-refractivity contribution is 7.17. The standard InChI is InChI=1S/C21H21NO4S/c1-3-15-8-10-16(11-9-15)25-12-13-26-18-7-5-4-6-17(18)20-22-14(2)19(27-20)21(23)24/h4-11H,3,12-13H2,1-2H3,(H,23,24). The smallest absolute Gasteiger partial charge is 0.347 e. The summed E-state index contributed by atoms with van der Waals surface area (Å²) in [5, 5.41) is 9.87. The van der Waals surface area contributed by atoms with E-state index >= 15 is 0 Å². The van der Waals surface area contributed by atoms with Crippen LogP contribution in [-0.2, 0) is 6.42 Å². The molecule has 0 aliphatic heterocycles. The number of nitrogens with zero attached hydrogens (tertiary/aromatic N) is 1. The van der Waals surface area contributed by atoms with Gasteiger partial charge in [-0.15, -0.1) is 11.3 Å². The van der Waals surface area contributed by atoms with E-state index in [2.05, 4.69) is 24.0 Å². The number of carbonyl (C=O) groups is 1. The summed E-state index contributed by atoms with van der Waals surface area (Å²) in [5.74, 6) is 0.510. The van der Waals surface area contributed by atoms with Crippen molar-refractivity contribution in [2.45, 2.75) is 20.3 Å². The number of aromatic nitrogens is 1. The monoisotopic (exact) mass is 383 g/mol. The Hall–Kier alpha value is -2.86. The van der Waals surface area contributed by atoms with Gasteiger partial charge in [0, 0.05) is 0 Å². The quantitative estimate of drug-likeness (QED) is 0.564. The molecule has 2 aromatic carbocycles. The lowest BCUT2D eigenvalue weighted by Crippen LogP contribution is -2.09. The largest absolute Gasteiger partial charge is 0.490 e. The molecule has 0 radical (unpaired) electrons. The topological polar surface area (TPSA) is 68.7 Å². The van der Waals surface area contributed by atoms with E-state index < -0.39 is 5.97 Å². The summed E-state index contributed by atoms with van der Waals surface area (Å²) >= 11 is 1.15. The highest BCUT2D eigenvalue weighted by Crippen LogP contribution is 2.34. The number of para-hydroxylation sites is 1. The second-order valence-corrected chi connectivity index (χ2v) is 6.93. The van der Waals surface area contributed by atoms with E-state index in [1.54, 1.807) is 6.92 Å². The van der Waals surface area contributed by atoms with Gasteiger partial charge in [-0.25, -0.2) is 9.78 Å². The van der Waals surface area contributed by atoms with Crippen LogP contribution >= 0.6 is 11.3 Å². The maximum atomic E-state index is 11.3. The van der Waals surface area contributed by atoms with Crippen molar-refractivity contribution in [2.24, 2.45) is 0 Å². The molecule has 0 amide bonds. The first-order chi connectivity index (χ1) is 13.1. The Morgan fingerprint density at radius 2 is 1.78 bits per heavy atom. The summed E-state index contributed by atoms with van der Waals surface area (Å²) < 4.78 is 11.6. The predicted molar refractivity (Wildman–Crippen MR) is 106 cm³/mol. The summed E-state index contributed by atoms with van der Waals surface area (Å²) in [6.45, 7) is 4.61. The van der Waals surface area contributed by atoms with Gasteiger partial charge in [-0.2, -0.15) is 0 Å². The first-order valence-corrected chi connectivity index (χ1v) is 9.54. The SMILES string of the molecule is CCc1ccc(OCCOc2ccccc2-c2nc(C)c(C(=O)O)s2)cc1. The predicted octanol–water partition coefficient (Wildman–Crippen LogP) is 4.84. The molecule has 0 saturated heterocycles. The zero-order valence-electron chi connectivity index (χ0n) is 15.3. The Morgan fingerprint density at radius 3 is 2.44 bits per heavy atom. The highest BCUT2D eigenvalue weighted by Gasteiger charge is 2.17. The van der Waals surface area contributed by atoms with Gasteiger partial charge in [0.05, 0.1) is 11.3 Å². The molecule has 0 atom stereocenters. The Morgan fingerprint density at radius 1 is 1.07 bits per heavy atom. The van der Waals surface area contributed by atoms with Crippen LogP contribution in [0.3, 0.4) is 0 Å². The van der Waals surface area contributed by atoms with Gasteiger partial charge in [-0.3, -0.25) is 0 Å². The number of benzene rings is 2. The minimum Gasteiger partial charge on any atom is -0.490 e. The molecule has 0 saturated carbocycles. The molecule has 3 aromatic rings. The van der Waals surface area contributed by atoms with Crippen LogP contribution in [0.15, 0.2) is 48.5 Å². The van der Waals surface area contributed by atoms with E-state index in [-0.39, 0.29) is 4.88 Å². The Balaban J connectivity index is 1.64. The molecular formula is C21H21NO4S. The molecule has 140 valence electrons. The molecule has 0 unspecified atom stereocenters. The number of aromatic carboxylic acids is 1. The van der Waals surface area contributed by atoms with E-state index in [0.29, 0.717) is 29.7 Å². The molecule has 0 aliphatic carbocycles. The molecule has 0 fully saturated rings. The number of ether oxygens (including phenoxy) is 2. The third-order valence-electron chi connectivity index (χ3n) is 4.05. The van der Waals surface area contributed by atoms with Gasteiger partial charge in [0.1, 0.15) is 34.6 Å². The fraction of sp³-hybridized carbons (Fsp3) is 0.238. The molecule has 27 heavy (non-hydrogen) atoms. The number of carboxylic acid groups (broad SMARTS) is 1. The Bertz CT molecular complexity index is 918. The third kappa shape index (κ3) is 4.65. The summed E-state index contributed by atoms with van der Waals surface area (Å²) in [6.07, 6.45) is 1.000. The fourth-order valence-corrected chi connectivity index (χ4v) is 3.55. The van der Waals surface area contributed by atoms with Crippen LogP contribution in [-0.4, -0.2) is 29.3 Å². The van der Waals surface area contributed by atoms with Gasteiger partial charge < -0.3 is 14.6 Å². The van der Waals surface area contributed by atoms with E-state index in [9.17, 15) is 9.90 Å². The highest BCUT2D eigenvalue weighted by atomic mass is 32.1. The maximum absolute atomic E-state index is 11.3. The lowest BCUT2D eigenvalue weighted by molar-refractivity contribution is 0.0701. The zero-order valence-corrected chi connectivity index (χ0v) is 16.1. The number of hydrogen-bond donors (Lipinski definition) is 1. The average molecular weight is 383 g/mol. The van der Waals surface area contributed by atoms with Crippen molar-refractivity contribution >= 4 is 17.3 Å². The second kappa shape index (κ2) is 8.68. The van der Waals surface area contributed by atoms with Crippen LogP contribution in [0.25, 0.3) is 10.6 Å². The van der Waals surface area contributed by atoms with Crippen molar-refractivity contribution < 1.29 is 19.4 Å². The Kier molecular flexibility index (Phi) is 6.08. The number of carboxylic acids is 1. The van der Waals surface area contributed by atoms with E-state index in [0.717, 1.165) is 29.1 Å². The lowest BCUT2D eigenvalue weighted by atomic mass is 10.2. The summed E-state index contributed by atoms with van der Waals surface area (Å²) in [7, 11) is 0.